The molecule has 2 aromatic rings. The van der Waals surface area contributed by atoms with E-state index in [2.05, 4.69) is 5.32 Å². The molecule has 5 nitrogen and oxygen atoms in total. The fourth-order valence-corrected chi connectivity index (χ4v) is 2.32. The van der Waals surface area contributed by atoms with E-state index in [1.54, 1.807) is 25.3 Å². The summed E-state index contributed by atoms with van der Waals surface area (Å²) < 4.78 is 30.2. The lowest BCUT2D eigenvalue weighted by molar-refractivity contribution is 0.0937. The van der Waals surface area contributed by atoms with Crippen LogP contribution in [0.25, 0.3) is 0 Å². The Morgan fingerprint density at radius 3 is 2.54 bits per heavy atom. The summed E-state index contributed by atoms with van der Waals surface area (Å²) >= 11 is 0. The van der Waals surface area contributed by atoms with Crippen LogP contribution in [0.3, 0.4) is 0 Å². The normalized spacial score (nSPS) is 10.3. The number of ether oxygens (including phenoxy) is 3. The molecule has 2 N–H and O–H groups in total. The maximum absolute atomic E-state index is 13.8. The summed E-state index contributed by atoms with van der Waals surface area (Å²) in [6.45, 7) is 2.19. The van der Waals surface area contributed by atoms with Crippen LogP contribution in [0.2, 0.25) is 0 Å². The van der Waals surface area contributed by atoms with Crippen LogP contribution in [-0.4, -0.2) is 38.6 Å². The van der Waals surface area contributed by atoms with E-state index < -0.39 is 0 Å². The minimum absolute atomic E-state index is 0. The molecule has 0 aliphatic rings. The highest BCUT2D eigenvalue weighted by Gasteiger charge is 2.12. The Kier molecular flexibility index (Phi) is 10.7. The Hall–Kier alpha value is -1.86. The lowest BCUT2D eigenvalue weighted by Crippen LogP contribution is -2.20. The third kappa shape index (κ3) is 6.80. The SMILES string of the molecule is COc1cccc(CNCCOCCO)c1OCc1ccccc1F.Cl. The van der Waals surface area contributed by atoms with E-state index in [0.29, 0.717) is 43.4 Å². The van der Waals surface area contributed by atoms with Gasteiger partial charge in [0.15, 0.2) is 11.5 Å². The van der Waals surface area contributed by atoms with E-state index in [-0.39, 0.29) is 31.4 Å². The van der Waals surface area contributed by atoms with Crippen LogP contribution in [0, 0.1) is 5.82 Å². The van der Waals surface area contributed by atoms with Gasteiger partial charge in [-0.05, 0) is 12.1 Å². The van der Waals surface area contributed by atoms with E-state index >= 15 is 0 Å². The molecule has 0 radical (unpaired) electrons. The Balaban J connectivity index is 0.00000338. The number of halogens is 2. The number of hydrogen-bond donors (Lipinski definition) is 2. The van der Waals surface area contributed by atoms with E-state index in [0.717, 1.165) is 5.56 Å². The number of benzene rings is 2. The predicted molar refractivity (Wildman–Crippen MR) is 101 cm³/mol. The first kappa shape index (κ1) is 22.2. The zero-order valence-electron chi connectivity index (χ0n) is 14.7. The fraction of sp³-hybridized carbons (Fsp3) is 0.368. The zero-order valence-corrected chi connectivity index (χ0v) is 15.6. The molecule has 0 spiro atoms. The Labute approximate surface area is 159 Å². The summed E-state index contributed by atoms with van der Waals surface area (Å²) in [5.74, 6) is 0.905. The molecule has 0 fully saturated rings. The van der Waals surface area contributed by atoms with Gasteiger partial charge in [0.2, 0.25) is 0 Å². The molecule has 0 amide bonds. The molecule has 0 aliphatic heterocycles. The second kappa shape index (κ2) is 12.5. The molecule has 26 heavy (non-hydrogen) atoms. The summed E-state index contributed by atoms with van der Waals surface area (Å²) in [6, 6.07) is 12.2. The van der Waals surface area contributed by atoms with Crippen molar-refractivity contribution in [2.24, 2.45) is 0 Å². The van der Waals surface area contributed by atoms with E-state index in [1.807, 2.05) is 18.2 Å². The average Bonchev–Trinajstić information content (AvgIpc) is 2.64. The van der Waals surface area contributed by atoms with Gasteiger partial charge in [-0.3, -0.25) is 0 Å². The molecule has 2 rings (SSSR count). The summed E-state index contributed by atoms with van der Waals surface area (Å²) in [4.78, 5) is 0. The van der Waals surface area contributed by atoms with E-state index in [1.165, 1.54) is 6.07 Å². The van der Waals surface area contributed by atoms with Gasteiger partial charge in [-0.1, -0.05) is 30.3 Å². The number of methoxy groups -OCH3 is 1. The molecule has 0 aromatic heterocycles. The van der Waals surface area contributed by atoms with Crippen LogP contribution in [0.4, 0.5) is 4.39 Å². The number of aliphatic hydroxyl groups excluding tert-OH is 1. The van der Waals surface area contributed by atoms with Crippen LogP contribution < -0.4 is 14.8 Å². The standard InChI is InChI=1S/C19H24FNO4.ClH/c1-23-18-8-4-6-15(13-21-9-11-24-12-10-22)19(18)25-14-16-5-2-3-7-17(16)20;/h2-8,21-22H,9-14H2,1H3;1H. The molecule has 0 aliphatic carbocycles. The second-order valence-corrected chi connectivity index (χ2v) is 5.34. The van der Waals surface area contributed by atoms with Crippen molar-refractivity contribution in [3.63, 3.8) is 0 Å². The van der Waals surface area contributed by atoms with Gasteiger partial charge >= 0.3 is 0 Å². The number of hydrogen-bond acceptors (Lipinski definition) is 5. The van der Waals surface area contributed by atoms with Crippen molar-refractivity contribution >= 4 is 12.4 Å². The van der Waals surface area contributed by atoms with Crippen molar-refractivity contribution in [1.82, 2.24) is 5.32 Å². The smallest absolute Gasteiger partial charge is 0.166 e. The van der Waals surface area contributed by atoms with E-state index in [4.69, 9.17) is 19.3 Å². The van der Waals surface area contributed by atoms with Crippen molar-refractivity contribution in [2.45, 2.75) is 13.2 Å². The predicted octanol–water partition coefficient (Wildman–Crippen LogP) is 2.93. The maximum atomic E-state index is 13.8. The molecule has 0 unspecified atom stereocenters. The van der Waals surface area contributed by atoms with Crippen LogP contribution in [-0.2, 0) is 17.9 Å². The minimum Gasteiger partial charge on any atom is -0.493 e. The number of para-hydroxylation sites is 1. The van der Waals surface area contributed by atoms with Crippen LogP contribution >= 0.6 is 12.4 Å². The molecule has 0 heterocycles. The quantitative estimate of drug-likeness (QED) is 0.582. The number of nitrogens with one attached hydrogen (secondary N) is 1. The molecular formula is C19H25ClFNO4. The lowest BCUT2D eigenvalue weighted by atomic mass is 10.1. The van der Waals surface area contributed by atoms with Crippen LogP contribution in [0.5, 0.6) is 11.5 Å². The topological polar surface area (TPSA) is 60.0 Å². The Bertz CT molecular complexity index is 657. The third-order valence-electron chi connectivity index (χ3n) is 3.58. The van der Waals surface area contributed by atoms with Crippen molar-refractivity contribution in [2.75, 3.05) is 33.5 Å². The van der Waals surface area contributed by atoms with Gasteiger partial charge in [0.25, 0.3) is 0 Å². The Morgan fingerprint density at radius 1 is 1.04 bits per heavy atom. The van der Waals surface area contributed by atoms with Crippen molar-refractivity contribution < 1.29 is 23.7 Å². The van der Waals surface area contributed by atoms with Gasteiger partial charge in [-0.15, -0.1) is 12.4 Å². The molecule has 7 heteroatoms. The van der Waals surface area contributed by atoms with Crippen LogP contribution in [0.15, 0.2) is 42.5 Å². The van der Waals surface area contributed by atoms with Crippen molar-refractivity contribution in [3.8, 4) is 11.5 Å². The summed E-state index contributed by atoms with van der Waals surface area (Å²) in [6.07, 6.45) is 0. The first-order chi connectivity index (χ1) is 12.3. The molecular weight excluding hydrogens is 361 g/mol. The summed E-state index contributed by atoms with van der Waals surface area (Å²) in [5, 5.41) is 11.9. The van der Waals surface area contributed by atoms with E-state index in [9.17, 15) is 4.39 Å². The van der Waals surface area contributed by atoms with Gasteiger partial charge in [0, 0.05) is 24.2 Å². The van der Waals surface area contributed by atoms with Gasteiger partial charge < -0.3 is 24.6 Å². The minimum atomic E-state index is -0.293. The van der Waals surface area contributed by atoms with Crippen LogP contribution in [0.1, 0.15) is 11.1 Å². The number of aliphatic hydroxyl groups is 1. The monoisotopic (exact) mass is 385 g/mol. The second-order valence-electron chi connectivity index (χ2n) is 5.34. The molecule has 2 aromatic carbocycles. The molecule has 0 saturated heterocycles. The molecule has 144 valence electrons. The molecule has 0 bridgehead atoms. The van der Waals surface area contributed by atoms with Crippen molar-refractivity contribution in [3.05, 3.63) is 59.4 Å². The highest BCUT2D eigenvalue weighted by atomic mass is 35.5. The molecule has 0 atom stereocenters. The zero-order chi connectivity index (χ0) is 17.9. The summed E-state index contributed by atoms with van der Waals surface area (Å²) in [5.41, 5.74) is 1.41. The molecule has 0 saturated carbocycles. The highest BCUT2D eigenvalue weighted by molar-refractivity contribution is 5.85. The summed E-state index contributed by atoms with van der Waals surface area (Å²) in [7, 11) is 1.57. The largest absolute Gasteiger partial charge is 0.493 e. The third-order valence-corrected chi connectivity index (χ3v) is 3.58. The number of rotatable bonds is 11. The first-order valence-corrected chi connectivity index (χ1v) is 8.17. The van der Waals surface area contributed by atoms with Crippen molar-refractivity contribution in [1.29, 1.82) is 0 Å². The first-order valence-electron chi connectivity index (χ1n) is 8.17. The van der Waals surface area contributed by atoms with Gasteiger partial charge in [0.1, 0.15) is 12.4 Å². The van der Waals surface area contributed by atoms with Gasteiger partial charge in [-0.2, -0.15) is 0 Å². The highest BCUT2D eigenvalue weighted by Crippen LogP contribution is 2.32. The maximum Gasteiger partial charge on any atom is 0.166 e. The Morgan fingerprint density at radius 2 is 1.81 bits per heavy atom. The van der Waals surface area contributed by atoms with Gasteiger partial charge in [-0.25, -0.2) is 4.39 Å². The van der Waals surface area contributed by atoms with Gasteiger partial charge in [0.05, 0.1) is 26.9 Å². The average molecular weight is 386 g/mol. The fourth-order valence-electron chi connectivity index (χ4n) is 2.32. The lowest BCUT2D eigenvalue weighted by Gasteiger charge is -2.16.